The van der Waals surface area contributed by atoms with Gasteiger partial charge in [0.05, 0.1) is 11.4 Å². The fraction of sp³-hybridized carbons (Fsp3) is 0.294. The maximum atomic E-state index is 12.7. The van der Waals surface area contributed by atoms with E-state index in [1.807, 2.05) is 41.4 Å². The van der Waals surface area contributed by atoms with E-state index in [1.54, 1.807) is 10.9 Å². The average Bonchev–Trinajstić information content (AvgIpc) is 3.36. The molecular formula is C17H19N7O. The van der Waals surface area contributed by atoms with Crippen molar-refractivity contribution in [2.75, 3.05) is 18.4 Å². The minimum absolute atomic E-state index is 0.108. The summed E-state index contributed by atoms with van der Waals surface area (Å²) in [6.45, 7) is 1.37. The first kappa shape index (κ1) is 15.4. The van der Waals surface area contributed by atoms with Crippen LogP contribution in [0.25, 0.3) is 5.69 Å². The van der Waals surface area contributed by atoms with E-state index >= 15 is 0 Å². The number of para-hydroxylation sites is 2. The van der Waals surface area contributed by atoms with Crippen molar-refractivity contribution in [2.24, 2.45) is 0 Å². The third-order valence-corrected chi connectivity index (χ3v) is 4.43. The number of amides is 2. The number of hydrogen-bond donors (Lipinski definition) is 2. The zero-order valence-corrected chi connectivity index (χ0v) is 13.7. The Morgan fingerprint density at radius 3 is 3.00 bits per heavy atom. The summed E-state index contributed by atoms with van der Waals surface area (Å²) in [4.78, 5) is 18.8. The lowest BCUT2D eigenvalue weighted by molar-refractivity contribution is 0.191. The lowest BCUT2D eigenvalue weighted by Gasteiger charge is -2.31. The van der Waals surface area contributed by atoms with E-state index < -0.39 is 0 Å². The summed E-state index contributed by atoms with van der Waals surface area (Å²) in [6.07, 6.45) is 7.02. The number of rotatable bonds is 3. The summed E-state index contributed by atoms with van der Waals surface area (Å²) in [7, 11) is 0. The van der Waals surface area contributed by atoms with Gasteiger partial charge in [-0.3, -0.25) is 5.10 Å². The zero-order chi connectivity index (χ0) is 17.1. The Bertz CT molecular complexity index is 829. The van der Waals surface area contributed by atoms with Gasteiger partial charge in [0.2, 0.25) is 0 Å². The van der Waals surface area contributed by atoms with Crippen molar-refractivity contribution in [1.29, 1.82) is 0 Å². The number of likely N-dealkylation sites (tertiary alicyclic amines) is 1. The first-order chi connectivity index (χ1) is 12.3. The summed E-state index contributed by atoms with van der Waals surface area (Å²) in [5, 5.41) is 14.1. The molecule has 128 valence electrons. The molecule has 0 radical (unpaired) electrons. The van der Waals surface area contributed by atoms with Crippen LogP contribution in [0.3, 0.4) is 0 Å². The van der Waals surface area contributed by atoms with Gasteiger partial charge in [-0.25, -0.2) is 14.5 Å². The van der Waals surface area contributed by atoms with Crippen molar-refractivity contribution >= 4 is 11.7 Å². The van der Waals surface area contributed by atoms with E-state index in [0.29, 0.717) is 6.54 Å². The Morgan fingerprint density at radius 1 is 1.28 bits per heavy atom. The number of anilines is 1. The first-order valence-corrected chi connectivity index (χ1v) is 8.31. The Hall–Kier alpha value is -3.16. The Morgan fingerprint density at radius 2 is 2.20 bits per heavy atom. The largest absolute Gasteiger partial charge is 0.324 e. The molecule has 0 bridgehead atoms. The predicted molar refractivity (Wildman–Crippen MR) is 92.5 cm³/mol. The molecule has 8 heteroatoms. The smallest absolute Gasteiger partial charge is 0.321 e. The van der Waals surface area contributed by atoms with Gasteiger partial charge in [-0.1, -0.05) is 12.1 Å². The molecule has 25 heavy (non-hydrogen) atoms. The highest BCUT2D eigenvalue weighted by molar-refractivity contribution is 5.91. The number of piperidine rings is 1. The van der Waals surface area contributed by atoms with Gasteiger partial charge in [-0.05, 0) is 31.0 Å². The van der Waals surface area contributed by atoms with Crippen molar-refractivity contribution in [3.63, 3.8) is 0 Å². The summed E-state index contributed by atoms with van der Waals surface area (Å²) in [5.74, 6) is 1.04. The van der Waals surface area contributed by atoms with Gasteiger partial charge in [0.25, 0.3) is 0 Å². The number of benzene rings is 1. The Balaban J connectivity index is 1.49. The van der Waals surface area contributed by atoms with Crippen molar-refractivity contribution in [2.45, 2.75) is 18.8 Å². The van der Waals surface area contributed by atoms with Crippen LogP contribution in [-0.4, -0.2) is 49.0 Å². The van der Waals surface area contributed by atoms with Gasteiger partial charge in [0.1, 0.15) is 12.2 Å². The third-order valence-electron chi connectivity index (χ3n) is 4.43. The maximum Gasteiger partial charge on any atom is 0.321 e. The molecule has 1 aliphatic heterocycles. The standard InChI is InChI=1S/C17H19N7O/c25-17(23-9-3-5-13(11-23)16-18-12-19-22-16)21-14-6-1-2-7-15(14)24-10-4-8-20-24/h1-2,4,6-8,10,12-13H,3,5,9,11H2,(H,21,25)(H,18,19,22)/t13-/m0/s1. The van der Waals surface area contributed by atoms with E-state index in [9.17, 15) is 4.79 Å². The number of H-pyrrole nitrogens is 1. The second-order valence-electron chi connectivity index (χ2n) is 6.05. The molecule has 2 N–H and O–H groups in total. The van der Waals surface area contributed by atoms with E-state index in [-0.39, 0.29) is 11.9 Å². The van der Waals surface area contributed by atoms with Crippen LogP contribution in [0.5, 0.6) is 0 Å². The number of carbonyl (C=O) groups is 1. The molecule has 1 atom stereocenters. The number of nitrogens with one attached hydrogen (secondary N) is 2. The van der Waals surface area contributed by atoms with Crippen LogP contribution in [0.1, 0.15) is 24.6 Å². The van der Waals surface area contributed by atoms with Gasteiger partial charge in [-0.15, -0.1) is 0 Å². The monoisotopic (exact) mass is 337 g/mol. The van der Waals surface area contributed by atoms with Crippen LogP contribution >= 0.6 is 0 Å². The minimum atomic E-state index is -0.108. The third kappa shape index (κ3) is 3.23. The van der Waals surface area contributed by atoms with Gasteiger partial charge in [-0.2, -0.15) is 10.2 Å². The van der Waals surface area contributed by atoms with Gasteiger partial charge < -0.3 is 10.2 Å². The fourth-order valence-electron chi connectivity index (χ4n) is 3.18. The molecule has 1 aliphatic rings. The molecule has 1 aromatic carbocycles. The van der Waals surface area contributed by atoms with Crippen molar-refractivity contribution < 1.29 is 4.79 Å². The number of aromatic amines is 1. The SMILES string of the molecule is O=C(Nc1ccccc1-n1cccn1)N1CCC[C@H](c2ncn[nH]2)C1. The van der Waals surface area contributed by atoms with E-state index in [4.69, 9.17) is 0 Å². The number of nitrogens with zero attached hydrogens (tertiary/aromatic N) is 5. The van der Waals surface area contributed by atoms with Crippen LogP contribution in [0.15, 0.2) is 49.1 Å². The second kappa shape index (κ2) is 6.76. The molecule has 1 saturated heterocycles. The van der Waals surface area contributed by atoms with E-state index in [1.165, 1.54) is 6.33 Å². The Labute approximate surface area is 144 Å². The molecule has 0 spiro atoms. The molecule has 0 unspecified atom stereocenters. The normalized spacial score (nSPS) is 17.4. The van der Waals surface area contributed by atoms with E-state index in [2.05, 4.69) is 25.6 Å². The van der Waals surface area contributed by atoms with Crippen molar-refractivity contribution in [1.82, 2.24) is 29.9 Å². The minimum Gasteiger partial charge on any atom is -0.324 e. The number of urea groups is 1. The summed E-state index contributed by atoms with van der Waals surface area (Å²) in [6, 6.07) is 9.38. The second-order valence-corrected chi connectivity index (χ2v) is 6.05. The lowest BCUT2D eigenvalue weighted by atomic mass is 9.98. The molecule has 1 fully saturated rings. The molecule has 3 heterocycles. The summed E-state index contributed by atoms with van der Waals surface area (Å²) >= 11 is 0. The first-order valence-electron chi connectivity index (χ1n) is 8.31. The van der Waals surface area contributed by atoms with Gasteiger partial charge >= 0.3 is 6.03 Å². The molecule has 0 saturated carbocycles. The van der Waals surface area contributed by atoms with Crippen LogP contribution in [0.4, 0.5) is 10.5 Å². The van der Waals surface area contributed by atoms with Crippen LogP contribution in [0.2, 0.25) is 0 Å². The highest BCUT2D eigenvalue weighted by Gasteiger charge is 2.26. The molecule has 2 amide bonds. The van der Waals surface area contributed by atoms with Crippen LogP contribution < -0.4 is 5.32 Å². The predicted octanol–water partition coefficient (Wildman–Crippen LogP) is 2.40. The topological polar surface area (TPSA) is 91.7 Å². The number of hydrogen-bond acceptors (Lipinski definition) is 4. The van der Waals surface area contributed by atoms with Gasteiger partial charge in [0, 0.05) is 31.4 Å². The lowest BCUT2D eigenvalue weighted by Crippen LogP contribution is -2.42. The quantitative estimate of drug-likeness (QED) is 0.768. The summed E-state index contributed by atoms with van der Waals surface area (Å²) < 4.78 is 1.74. The molecule has 3 aromatic rings. The average molecular weight is 337 g/mol. The maximum absolute atomic E-state index is 12.7. The molecule has 4 rings (SSSR count). The zero-order valence-electron chi connectivity index (χ0n) is 13.7. The van der Waals surface area contributed by atoms with Crippen molar-refractivity contribution in [3.8, 4) is 5.69 Å². The molecule has 2 aromatic heterocycles. The number of carbonyl (C=O) groups excluding carboxylic acids is 1. The van der Waals surface area contributed by atoms with E-state index in [0.717, 1.165) is 36.6 Å². The Kier molecular flexibility index (Phi) is 4.16. The molecule has 0 aliphatic carbocycles. The van der Waals surface area contributed by atoms with Gasteiger partial charge in [0.15, 0.2) is 0 Å². The summed E-state index contributed by atoms with van der Waals surface area (Å²) in [5.41, 5.74) is 1.57. The highest BCUT2D eigenvalue weighted by atomic mass is 16.2. The van der Waals surface area contributed by atoms with Crippen LogP contribution in [-0.2, 0) is 0 Å². The molecule has 8 nitrogen and oxygen atoms in total. The van der Waals surface area contributed by atoms with Crippen molar-refractivity contribution in [3.05, 3.63) is 54.9 Å². The highest BCUT2D eigenvalue weighted by Crippen LogP contribution is 2.25. The molecular weight excluding hydrogens is 318 g/mol. The number of aromatic nitrogens is 5. The fourth-order valence-corrected chi connectivity index (χ4v) is 3.18. The van der Waals surface area contributed by atoms with Crippen LogP contribution in [0, 0.1) is 0 Å².